The Balaban J connectivity index is 3.53. The molecule has 0 saturated heterocycles. The Morgan fingerprint density at radius 1 is 1.38 bits per heavy atom. The van der Waals surface area contributed by atoms with Crippen LogP contribution in [0.2, 0.25) is 0 Å². The van der Waals surface area contributed by atoms with E-state index in [0.717, 1.165) is 6.07 Å². The number of carboxylic acid groups (broad SMARTS) is 1. The lowest BCUT2D eigenvalue weighted by molar-refractivity contribution is -0.386. The maximum Gasteiger partial charge on any atom is 0.343 e. The predicted octanol–water partition coefficient (Wildman–Crippen LogP) is 1.31. The van der Waals surface area contributed by atoms with Crippen LogP contribution in [0.25, 0.3) is 0 Å². The molecule has 0 saturated carbocycles. The SMILES string of the molecule is COc1cc(OC)c([N+](=O)[O-])c(C(=O)O)c1. The van der Waals surface area contributed by atoms with Crippen LogP contribution in [-0.2, 0) is 0 Å². The molecular weight excluding hydrogens is 218 g/mol. The van der Waals surface area contributed by atoms with Crippen LogP contribution >= 0.6 is 0 Å². The Hall–Kier alpha value is -2.31. The van der Waals surface area contributed by atoms with Gasteiger partial charge in [-0.2, -0.15) is 0 Å². The fourth-order valence-electron chi connectivity index (χ4n) is 1.21. The summed E-state index contributed by atoms with van der Waals surface area (Å²) in [5, 5.41) is 19.6. The summed E-state index contributed by atoms with van der Waals surface area (Å²) in [6, 6.07) is 2.33. The van der Waals surface area contributed by atoms with Crippen molar-refractivity contribution in [2.75, 3.05) is 14.2 Å². The van der Waals surface area contributed by atoms with Gasteiger partial charge in [-0.3, -0.25) is 10.1 Å². The van der Waals surface area contributed by atoms with Crippen LogP contribution in [0.3, 0.4) is 0 Å². The Labute approximate surface area is 90.4 Å². The van der Waals surface area contributed by atoms with Gasteiger partial charge >= 0.3 is 11.7 Å². The van der Waals surface area contributed by atoms with Crippen LogP contribution in [0, 0.1) is 10.1 Å². The summed E-state index contributed by atoms with van der Waals surface area (Å²) in [5.41, 5.74) is -1.06. The second kappa shape index (κ2) is 4.47. The first-order chi connectivity index (χ1) is 7.51. The van der Waals surface area contributed by atoms with Gasteiger partial charge in [0.15, 0.2) is 0 Å². The molecule has 0 fully saturated rings. The average molecular weight is 227 g/mol. The molecule has 0 heterocycles. The summed E-state index contributed by atoms with van der Waals surface area (Å²) >= 11 is 0. The standard InChI is InChI=1S/C9H9NO6/c1-15-5-3-6(9(11)12)8(10(13)14)7(4-5)16-2/h3-4H,1-2H3,(H,11,12). The molecular formula is C9H9NO6. The molecule has 7 heteroatoms. The van der Waals surface area contributed by atoms with E-state index >= 15 is 0 Å². The molecule has 0 radical (unpaired) electrons. The zero-order valence-electron chi connectivity index (χ0n) is 8.59. The van der Waals surface area contributed by atoms with Crippen LogP contribution in [-0.4, -0.2) is 30.2 Å². The molecule has 0 aliphatic heterocycles. The van der Waals surface area contributed by atoms with Gasteiger partial charge in [0, 0.05) is 12.1 Å². The van der Waals surface area contributed by atoms with Crippen molar-refractivity contribution in [1.29, 1.82) is 0 Å². The maximum atomic E-state index is 10.8. The zero-order valence-corrected chi connectivity index (χ0v) is 8.59. The Kier molecular flexibility index (Phi) is 3.29. The van der Waals surface area contributed by atoms with Crippen molar-refractivity contribution >= 4 is 11.7 Å². The highest BCUT2D eigenvalue weighted by Crippen LogP contribution is 2.35. The minimum atomic E-state index is -1.41. The second-order valence-electron chi connectivity index (χ2n) is 2.79. The van der Waals surface area contributed by atoms with Crippen LogP contribution < -0.4 is 9.47 Å². The van der Waals surface area contributed by atoms with Crippen LogP contribution in [0.4, 0.5) is 5.69 Å². The van der Waals surface area contributed by atoms with Crippen molar-refractivity contribution in [2.24, 2.45) is 0 Å². The van der Waals surface area contributed by atoms with Gasteiger partial charge in [0.2, 0.25) is 5.75 Å². The summed E-state index contributed by atoms with van der Waals surface area (Å²) in [5.74, 6) is -1.38. The average Bonchev–Trinajstić information content (AvgIpc) is 2.26. The van der Waals surface area contributed by atoms with E-state index in [-0.39, 0.29) is 11.5 Å². The molecule has 0 aromatic heterocycles. The molecule has 0 aliphatic rings. The highest BCUT2D eigenvalue weighted by atomic mass is 16.6. The van der Waals surface area contributed by atoms with Gasteiger partial charge in [0.1, 0.15) is 11.3 Å². The number of benzene rings is 1. The lowest BCUT2D eigenvalue weighted by Gasteiger charge is -2.07. The third-order valence-corrected chi connectivity index (χ3v) is 1.92. The van der Waals surface area contributed by atoms with E-state index in [1.54, 1.807) is 0 Å². The van der Waals surface area contributed by atoms with Gasteiger partial charge < -0.3 is 14.6 Å². The molecule has 1 N–H and O–H groups in total. The van der Waals surface area contributed by atoms with Crippen LogP contribution in [0.1, 0.15) is 10.4 Å². The first-order valence-corrected chi connectivity index (χ1v) is 4.15. The third-order valence-electron chi connectivity index (χ3n) is 1.92. The van der Waals surface area contributed by atoms with Gasteiger partial charge in [-0.1, -0.05) is 0 Å². The number of carbonyl (C=O) groups is 1. The number of nitro benzene ring substituents is 1. The van der Waals surface area contributed by atoms with Gasteiger partial charge in [0.25, 0.3) is 0 Å². The van der Waals surface area contributed by atoms with Crippen molar-refractivity contribution < 1.29 is 24.3 Å². The Morgan fingerprint density at radius 3 is 2.38 bits per heavy atom. The van der Waals surface area contributed by atoms with Crippen molar-refractivity contribution in [3.63, 3.8) is 0 Å². The molecule has 0 spiro atoms. The zero-order chi connectivity index (χ0) is 12.3. The van der Waals surface area contributed by atoms with Crippen molar-refractivity contribution in [3.05, 3.63) is 27.8 Å². The Bertz CT molecular complexity index is 442. The number of rotatable bonds is 4. The summed E-state index contributed by atoms with van der Waals surface area (Å²) in [6.07, 6.45) is 0. The number of hydrogen-bond donors (Lipinski definition) is 1. The largest absolute Gasteiger partial charge is 0.497 e. The second-order valence-corrected chi connectivity index (χ2v) is 2.79. The molecule has 16 heavy (non-hydrogen) atoms. The number of methoxy groups -OCH3 is 2. The first-order valence-electron chi connectivity index (χ1n) is 4.15. The summed E-state index contributed by atoms with van der Waals surface area (Å²) in [6.45, 7) is 0. The van der Waals surface area contributed by atoms with Gasteiger partial charge in [-0.25, -0.2) is 4.79 Å². The lowest BCUT2D eigenvalue weighted by atomic mass is 10.1. The minimum absolute atomic E-state index is 0.151. The fourth-order valence-corrected chi connectivity index (χ4v) is 1.21. The number of nitrogens with zero attached hydrogens (tertiary/aromatic N) is 1. The van der Waals surface area contributed by atoms with Crippen molar-refractivity contribution in [2.45, 2.75) is 0 Å². The first kappa shape index (κ1) is 11.8. The molecule has 0 unspecified atom stereocenters. The van der Waals surface area contributed by atoms with E-state index in [2.05, 4.69) is 0 Å². The molecule has 1 aromatic rings. The molecule has 0 amide bonds. The van der Waals surface area contributed by atoms with Crippen molar-refractivity contribution in [3.8, 4) is 11.5 Å². The molecule has 0 bridgehead atoms. The number of nitro groups is 1. The van der Waals surface area contributed by atoms with Crippen molar-refractivity contribution in [1.82, 2.24) is 0 Å². The predicted molar refractivity (Wildman–Crippen MR) is 53.2 cm³/mol. The van der Waals surface area contributed by atoms with E-state index in [0.29, 0.717) is 0 Å². The maximum absolute atomic E-state index is 10.8. The quantitative estimate of drug-likeness (QED) is 0.614. The summed E-state index contributed by atoms with van der Waals surface area (Å²) in [7, 11) is 2.54. The lowest BCUT2D eigenvalue weighted by Crippen LogP contribution is -2.05. The normalized spacial score (nSPS) is 9.62. The smallest absolute Gasteiger partial charge is 0.343 e. The number of hydrogen-bond acceptors (Lipinski definition) is 5. The van der Waals surface area contributed by atoms with E-state index in [1.165, 1.54) is 20.3 Å². The van der Waals surface area contributed by atoms with Crippen LogP contribution in [0.5, 0.6) is 11.5 Å². The minimum Gasteiger partial charge on any atom is -0.497 e. The number of ether oxygens (including phenoxy) is 2. The van der Waals surface area contributed by atoms with Crippen LogP contribution in [0.15, 0.2) is 12.1 Å². The van der Waals surface area contributed by atoms with E-state index in [4.69, 9.17) is 14.6 Å². The number of aromatic carboxylic acids is 1. The molecule has 0 atom stereocenters. The molecule has 1 rings (SSSR count). The third kappa shape index (κ3) is 2.02. The topological polar surface area (TPSA) is 98.9 Å². The fraction of sp³-hybridized carbons (Fsp3) is 0.222. The van der Waals surface area contributed by atoms with E-state index < -0.39 is 22.1 Å². The molecule has 1 aromatic carbocycles. The highest BCUT2D eigenvalue weighted by Gasteiger charge is 2.26. The number of carboxylic acids is 1. The molecule has 86 valence electrons. The highest BCUT2D eigenvalue weighted by molar-refractivity contribution is 5.94. The van der Waals surface area contributed by atoms with E-state index in [9.17, 15) is 14.9 Å². The molecule has 7 nitrogen and oxygen atoms in total. The monoisotopic (exact) mass is 227 g/mol. The molecule has 0 aliphatic carbocycles. The Morgan fingerprint density at radius 2 is 2.00 bits per heavy atom. The van der Waals surface area contributed by atoms with Gasteiger partial charge in [-0.05, 0) is 0 Å². The summed E-state index contributed by atoms with van der Waals surface area (Å²) in [4.78, 5) is 20.8. The van der Waals surface area contributed by atoms with Gasteiger partial charge in [-0.15, -0.1) is 0 Å². The van der Waals surface area contributed by atoms with E-state index in [1.807, 2.05) is 0 Å². The van der Waals surface area contributed by atoms with Gasteiger partial charge in [0.05, 0.1) is 19.1 Å². The summed E-state index contributed by atoms with van der Waals surface area (Å²) < 4.78 is 9.57.